The first-order valence-corrected chi connectivity index (χ1v) is 13.3. The highest BCUT2D eigenvalue weighted by atomic mass is 35.5. The molecule has 0 unspecified atom stereocenters. The zero-order valence-corrected chi connectivity index (χ0v) is 22.4. The molecule has 0 aliphatic carbocycles. The van der Waals surface area contributed by atoms with Crippen LogP contribution in [0.25, 0.3) is 11.1 Å². The molecule has 1 N–H and O–H groups in total. The van der Waals surface area contributed by atoms with Gasteiger partial charge < -0.3 is 14.8 Å². The third-order valence-corrected chi connectivity index (χ3v) is 6.13. The number of carbonyl (C=O) groups is 3. The van der Waals surface area contributed by atoms with E-state index in [1.54, 1.807) is 12.1 Å². The fourth-order valence-electron chi connectivity index (χ4n) is 3.89. The highest BCUT2D eigenvalue weighted by molar-refractivity contribution is 6.30. The summed E-state index contributed by atoms with van der Waals surface area (Å²) in [5.74, 6) is -0.211. The van der Waals surface area contributed by atoms with Gasteiger partial charge in [-0.1, -0.05) is 79.5 Å². The van der Waals surface area contributed by atoms with E-state index in [1.807, 2.05) is 73.7 Å². The van der Waals surface area contributed by atoms with Crippen molar-refractivity contribution in [3.8, 4) is 16.9 Å². The molecule has 6 nitrogen and oxygen atoms in total. The average molecular weight is 536 g/mol. The number of hydrogen-bond acceptors (Lipinski definition) is 5. The van der Waals surface area contributed by atoms with Gasteiger partial charge >= 0.3 is 5.97 Å². The Morgan fingerprint density at radius 2 is 1.66 bits per heavy atom. The summed E-state index contributed by atoms with van der Waals surface area (Å²) in [5.41, 5.74) is 3.00. The molecule has 0 radical (unpaired) electrons. The van der Waals surface area contributed by atoms with Gasteiger partial charge in [0.05, 0.1) is 13.0 Å². The van der Waals surface area contributed by atoms with E-state index in [-0.39, 0.29) is 37.6 Å². The highest BCUT2D eigenvalue weighted by Crippen LogP contribution is 2.23. The van der Waals surface area contributed by atoms with Gasteiger partial charge in [0.25, 0.3) is 0 Å². The van der Waals surface area contributed by atoms with Crippen molar-refractivity contribution in [1.29, 1.82) is 0 Å². The summed E-state index contributed by atoms with van der Waals surface area (Å²) in [4.78, 5) is 37.2. The molecule has 0 saturated carbocycles. The lowest BCUT2D eigenvalue weighted by Crippen LogP contribution is -2.39. The first-order valence-electron chi connectivity index (χ1n) is 12.9. The van der Waals surface area contributed by atoms with Crippen molar-refractivity contribution < 1.29 is 23.9 Å². The summed E-state index contributed by atoms with van der Waals surface area (Å²) in [5, 5.41) is 3.60. The van der Waals surface area contributed by atoms with Gasteiger partial charge in [-0.2, -0.15) is 0 Å². The van der Waals surface area contributed by atoms with Crippen LogP contribution < -0.4 is 10.1 Å². The van der Waals surface area contributed by atoms with E-state index in [0.29, 0.717) is 23.8 Å². The summed E-state index contributed by atoms with van der Waals surface area (Å²) in [6.45, 7) is 2.28. The number of ketones is 1. The molecule has 3 rings (SSSR count). The Labute approximate surface area is 229 Å². The first kappa shape index (κ1) is 28.9. The molecule has 0 bridgehead atoms. The zero-order valence-electron chi connectivity index (χ0n) is 21.7. The average Bonchev–Trinajstić information content (AvgIpc) is 2.92. The number of carbonyl (C=O) groups excluding carboxylic acids is 3. The molecule has 3 aromatic carbocycles. The minimum atomic E-state index is -0.442. The van der Waals surface area contributed by atoms with E-state index in [0.717, 1.165) is 29.5 Å². The van der Waals surface area contributed by atoms with E-state index in [9.17, 15) is 14.4 Å². The topological polar surface area (TPSA) is 81.7 Å². The van der Waals surface area contributed by atoms with Crippen LogP contribution >= 0.6 is 11.6 Å². The van der Waals surface area contributed by atoms with Crippen LogP contribution in [0.5, 0.6) is 5.75 Å². The number of Topliss-reactive ketones (excluding diaryl/α,β-unsaturated/α-hetero) is 1. The van der Waals surface area contributed by atoms with Crippen LogP contribution in [0.3, 0.4) is 0 Å². The van der Waals surface area contributed by atoms with Crippen molar-refractivity contribution in [3.05, 3.63) is 89.4 Å². The Kier molecular flexibility index (Phi) is 11.9. The minimum absolute atomic E-state index is 0.00165. The second kappa shape index (κ2) is 15.6. The molecular formula is C31H34ClNO5. The van der Waals surface area contributed by atoms with Gasteiger partial charge in [-0.25, -0.2) is 0 Å². The molecule has 38 heavy (non-hydrogen) atoms. The number of rotatable bonds is 15. The molecule has 0 saturated heterocycles. The lowest BCUT2D eigenvalue weighted by atomic mass is 9.98. The van der Waals surface area contributed by atoms with Crippen molar-refractivity contribution in [1.82, 2.24) is 5.32 Å². The predicted molar refractivity (Wildman–Crippen MR) is 149 cm³/mol. The molecule has 1 atom stereocenters. The number of nitrogens with one attached hydrogen (secondary N) is 1. The van der Waals surface area contributed by atoms with Crippen LogP contribution in [0, 0.1) is 0 Å². The van der Waals surface area contributed by atoms with Crippen molar-refractivity contribution >= 4 is 29.3 Å². The van der Waals surface area contributed by atoms with Crippen LogP contribution in [-0.2, 0) is 25.5 Å². The maximum atomic E-state index is 12.7. The third-order valence-electron chi connectivity index (χ3n) is 5.89. The fraction of sp³-hybridized carbons (Fsp3) is 0.323. The maximum Gasteiger partial charge on any atom is 0.306 e. The molecule has 1 amide bonds. The molecule has 3 aromatic rings. The van der Waals surface area contributed by atoms with E-state index in [4.69, 9.17) is 21.1 Å². The number of hydrogen-bond donors (Lipinski definition) is 1. The second-order valence-electron chi connectivity index (χ2n) is 9.09. The number of halogens is 1. The lowest BCUT2D eigenvalue weighted by Gasteiger charge is -2.19. The summed E-state index contributed by atoms with van der Waals surface area (Å²) in [7, 11) is 0. The standard InChI is InChI=1S/C31H34ClNO5/c1-2-3-18-37-31(36)17-16-30(35)33-27(21-28(34)22-38-29-10-5-4-6-11-29)19-23-12-14-24(15-13-23)25-8-7-9-26(32)20-25/h4-15,20,27H,2-3,16-19,21-22H2,1H3,(H,33,35)/t27-/m1/s1. The van der Waals surface area contributed by atoms with Gasteiger partial charge in [0, 0.05) is 23.9 Å². The van der Waals surface area contributed by atoms with Crippen LogP contribution in [0.15, 0.2) is 78.9 Å². The van der Waals surface area contributed by atoms with Crippen molar-refractivity contribution in [2.75, 3.05) is 13.2 Å². The molecule has 0 aliphatic rings. The summed E-state index contributed by atoms with van der Waals surface area (Å²) in [6, 6.07) is 24.2. The van der Waals surface area contributed by atoms with E-state index < -0.39 is 12.0 Å². The van der Waals surface area contributed by atoms with E-state index in [1.165, 1.54) is 0 Å². The van der Waals surface area contributed by atoms with Gasteiger partial charge in [-0.3, -0.25) is 14.4 Å². The van der Waals surface area contributed by atoms with Gasteiger partial charge in [0.1, 0.15) is 12.4 Å². The quantitative estimate of drug-likeness (QED) is 0.185. The van der Waals surface area contributed by atoms with Crippen LogP contribution in [0.4, 0.5) is 0 Å². The van der Waals surface area contributed by atoms with Crippen LogP contribution in [0.2, 0.25) is 5.02 Å². The molecule has 200 valence electrons. The van der Waals surface area contributed by atoms with Gasteiger partial charge in [0.15, 0.2) is 5.78 Å². The van der Waals surface area contributed by atoms with Gasteiger partial charge in [-0.15, -0.1) is 0 Å². The van der Waals surface area contributed by atoms with E-state index >= 15 is 0 Å². The normalized spacial score (nSPS) is 11.4. The number of unbranched alkanes of at least 4 members (excludes halogenated alkanes) is 1. The maximum absolute atomic E-state index is 12.7. The number of para-hydroxylation sites is 1. The van der Waals surface area contributed by atoms with Gasteiger partial charge in [-0.05, 0) is 53.8 Å². The first-order chi connectivity index (χ1) is 18.4. The summed E-state index contributed by atoms with van der Waals surface area (Å²) >= 11 is 6.12. The number of benzene rings is 3. The minimum Gasteiger partial charge on any atom is -0.486 e. The van der Waals surface area contributed by atoms with E-state index in [2.05, 4.69) is 5.32 Å². The molecular weight excluding hydrogens is 502 g/mol. The number of esters is 1. The fourth-order valence-corrected chi connectivity index (χ4v) is 4.08. The molecule has 0 aromatic heterocycles. The smallest absolute Gasteiger partial charge is 0.306 e. The molecule has 0 aliphatic heterocycles. The molecule has 0 fully saturated rings. The number of ether oxygens (including phenoxy) is 2. The SMILES string of the molecule is CCCCOC(=O)CCC(=O)N[C@@H](CC(=O)COc1ccccc1)Cc1ccc(-c2cccc(Cl)c2)cc1. The summed E-state index contributed by atoms with van der Waals surface area (Å²) < 4.78 is 10.7. The van der Waals surface area contributed by atoms with Crippen molar-refractivity contribution in [3.63, 3.8) is 0 Å². The Morgan fingerprint density at radius 3 is 2.37 bits per heavy atom. The Morgan fingerprint density at radius 1 is 0.895 bits per heavy atom. The second-order valence-corrected chi connectivity index (χ2v) is 9.53. The molecule has 7 heteroatoms. The zero-order chi connectivity index (χ0) is 27.2. The molecule has 0 heterocycles. The molecule has 0 spiro atoms. The predicted octanol–water partition coefficient (Wildman–Crippen LogP) is 6.20. The monoisotopic (exact) mass is 535 g/mol. The third kappa shape index (κ3) is 10.4. The summed E-state index contributed by atoms with van der Waals surface area (Å²) in [6.07, 6.45) is 2.29. The van der Waals surface area contributed by atoms with Crippen molar-refractivity contribution in [2.24, 2.45) is 0 Å². The van der Waals surface area contributed by atoms with Crippen LogP contribution in [0.1, 0.15) is 44.6 Å². The Hall–Kier alpha value is -3.64. The van der Waals surface area contributed by atoms with Crippen LogP contribution in [-0.4, -0.2) is 36.9 Å². The lowest BCUT2D eigenvalue weighted by molar-refractivity contribution is -0.145. The van der Waals surface area contributed by atoms with Crippen molar-refractivity contribution in [2.45, 2.75) is 51.5 Å². The van der Waals surface area contributed by atoms with Gasteiger partial charge in [0.2, 0.25) is 5.91 Å². The Balaban J connectivity index is 1.61. The Bertz CT molecular complexity index is 1180. The largest absolute Gasteiger partial charge is 0.486 e. The number of amides is 1. The highest BCUT2D eigenvalue weighted by Gasteiger charge is 2.19.